The van der Waals surface area contributed by atoms with Gasteiger partial charge in [0.2, 0.25) is 0 Å². The van der Waals surface area contributed by atoms with Crippen LogP contribution in [0.2, 0.25) is 0 Å². The maximum atomic E-state index is 9.75. The summed E-state index contributed by atoms with van der Waals surface area (Å²) in [5, 5.41) is 22.0. The van der Waals surface area contributed by atoms with Crippen LogP contribution >= 0.6 is 95.1 Å². The molecule has 705 valence electrons. The van der Waals surface area contributed by atoms with Crippen molar-refractivity contribution >= 4 is 139 Å². The van der Waals surface area contributed by atoms with E-state index in [0.717, 1.165) is 0 Å². The molecule has 0 saturated carbocycles. The minimum absolute atomic E-state index is 0. The third-order valence-corrected chi connectivity index (χ3v) is 55.5. The molecule has 0 aliphatic rings. The zero-order valence-corrected chi connectivity index (χ0v) is 90.0. The summed E-state index contributed by atoms with van der Waals surface area (Å²) in [6.45, 7) is 61.3. The van der Waals surface area contributed by atoms with Crippen molar-refractivity contribution in [2.75, 3.05) is 222 Å². The van der Waals surface area contributed by atoms with E-state index in [0.29, 0.717) is 0 Å². The largest absolute Gasteiger partial charge is 2.00 e. The monoisotopic (exact) mass is 2070 g/mol. The Bertz CT molecular complexity index is 1410. The molecule has 0 heterocycles. The van der Waals surface area contributed by atoms with Crippen LogP contribution in [0.1, 0.15) is 187 Å². The predicted molar refractivity (Wildman–Crippen MR) is 506 cm³/mol. The third-order valence-electron chi connectivity index (χ3n) is 17.0. The smallest absolute Gasteiger partial charge is 0.418 e. The van der Waals surface area contributed by atoms with Crippen LogP contribution < -0.4 is 0 Å². The van der Waals surface area contributed by atoms with E-state index in [1.807, 2.05) is 0 Å². The number of rotatable bonds is 42. The second kappa shape index (κ2) is 119. The molecule has 0 saturated heterocycles. The Morgan fingerprint density at radius 1 is 0.149 bits per heavy atom. The van der Waals surface area contributed by atoms with Gasteiger partial charge in [-0.15, -0.1) is 0 Å². The van der Waals surface area contributed by atoms with Crippen LogP contribution in [0.4, 0.5) is 104 Å². The quantitative estimate of drug-likeness (QED) is 0.0347. The molecule has 0 aromatic heterocycles. The van der Waals surface area contributed by atoms with E-state index in [9.17, 15) is 104 Å². The van der Waals surface area contributed by atoms with Crippen molar-refractivity contribution in [1.29, 1.82) is 15.8 Å². The first-order valence-electron chi connectivity index (χ1n) is 40.1. The Labute approximate surface area is 730 Å². The topological polar surface area (TPSA) is 71.4 Å². The van der Waals surface area contributed by atoms with Gasteiger partial charge < -0.3 is 104 Å². The fraction of sp³-hybridized carbons (Fsp3) is 0.955. The minimum Gasteiger partial charge on any atom is -0.418 e. The normalized spacial score (nSPS) is 10.6. The van der Waals surface area contributed by atoms with Gasteiger partial charge in [0.15, 0.2) is 0 Å². The molecular formula is C66H165B6Co3F24N3P12+12. The molecule has 0 aliphatic heterocycles. The zero-order chi connectivity index (χ0) is 91.5. The first kappa shape index (κ1) is 161. The number of hydrogen-bond donors (Lipinski definition) is 0. The van der Waals surface area contributed by atoms with Crippen LogP contribution in [-0.2, 0) is 50.3 Å². The second-order valence-electron chi connectivity index (χ2n) is 24.1. The van der Waals surface area contributed by atoms with E-state index >= 15 is 0 Å². The summed E-state index contributed by atoms with van der Waals surface area (Å²) >= 11 is 0. The van der Waals surface area contributed by atoms with Crippen molar-refractivity contribution in [2.24, 2.45) is 0 Å². The molecule has 0 spiro atoms. The van der Waals surface area contributed by atoms with Crippen LogP contribution in [-0.4, -0.2) is 265 Å². The fourth-order valence-electron chi connectivity index (χ4n) is 9.36. The average Bonchev–Trinajstić information content (AvgIpc) is 1.02. The molecule has 0 aliphatic carbocycles. The van der Waals surface area contributed by atoms with Crippen LogP contribution in [0.5, 0.6) is 0 Å². The van der Waals surface area contributed by atoms with Gasteiger partial charge in [-0.1, -0.05) is 0 Å². The molecule has 3 radical (unpaired) electrons. The molecular weight excluding hydrogens is 1900 g/mol. The minimum atomic E-state index is -6.00. The summed E-state index contributed by atoms with van der Waals surface area (Å²) in [4.78, 5) is 0. The molecule has 3 nitrogen and oxygen atoms in total. The van der Waals surface area contributed by atoms with Gasteiger partial charge in [-0.05, 0) is 166 Å². The summed E-state index contributed by atoms with van der Waals surface area (Å²) in [6, 6.07) is 5.25. The molecule has 0 atom stereocenters. The van der Waals surface area contributed by atoms with Gasteiger partial charge in [0.1, 0.15) is 0 Å². The van der Waals surface area contributed by atoms with Gasteiger partial charge in [0, 0.05) is 116 Å². The van der Waals surface area contributed by atoms with Crippen LogP contribution in [0, 0.1) is 34.0 Å². The summed E-state index contributed by atoms with van der Waals surface area (Å²) in [7, 11) is -35.0. The summed E-state index contributed by atoms with van der Waals surface area (Å²) in [5.74, 6) is 0. The first-order chi connectivity index (χ1) is 50.9. The van der Waals surface area contributed by atoms with E-state index in [2.05, 4.69) is 166 Å². The summed E-state index contributed by atoms with van der Waals surface area (Å²) in [6.07, 6.45) is 55.0. The molecule has 0 rings (SSSR count). The van der Waals surface area contributed by atoms with Gasteiger partial charge in [-0.25, -0.2) is 0 Å². The van der Waals surface area contributed by atoms with Crippen molar-refractivity contribution in [2.45, 2.75) is 187 Å². The molecule has 0 aromatic carbocycles. The first-order valence-corrected chi connectivity index (χ1v) is 65.6. The third kappa shape index (κ3) is 228. The molecule has 48 heteroatoms. The second-order valence-corrected chi connectivity index (χ2v) is 65.1. The van der Waals surface area contributed by atoms with Gasteiger partial charge in [-0.2, -0.15) is 15.8 Å². The van der Waals surface area contributed by atoms with E-state index in [1.54, 1.807) is 92.2 Å². The van der Waals surface area contributed by atoms with Crippen LogP contribution in [0.25, 0.3) is 0 Å². The number of nitriles is 3. The Morgan fingerprint density at radius 2 is 0.175 bits per heavy atom. The number of hydrogen-bond acceptors (Lipinski definition) is 3. The standard InChI is InChI=1S/6C10H24P2.3C2H3N.6BF4.3Co/c6*1-5-11(6-2)9-10-12(7-3)8-4;3*1-2-3;6*2-1(3,4)5;;;/h6*5-10H2,1-4H3;3*1H3;;;;;;;;;/q;;;;;;;;;6*-1;3*+2/p+12. The maximum absolute atomic E-state index is 9.75. The summed E-state index contributed by atoms with van der Waals surface area (Å²) < 4.78 is 234. The maximum Gasteiger partial charge on any atom is 2.00 e. The van der Waals surface area contributed by atoms with Crippen molar-refractivity contribution in [3.05, 3.63) is 0 Å². The Balaban J connectivity index is -0.0000000553. The van der Waals surface area contributed by atoms with Gasteiger partial charge >= 0.3 is 93.9 Å². The van der Waals surface area contributed by atoms with E-state index in [1.165, 1.54) is 169 Å². The van der Waals surface area contributed by atoms with E-state index in [4.69, 9.17) is 15.8 Å². The molecule has 0 aromatic rings. The van der Waals surface area contributed by atoms with Crippen LogP contribution in [0.15, 0.2) is 0 Å². The molecule has 0 fully saturated rings. The van der Waals surface area contributed by atoms with Gasteiger partial charge in [-0.3, -0.25) is 0 Å². The fourth-order valence-corrected chi connectivity index (χ4v) is 40.8. The Morgan fingerprint density at radius 3 is 0.193 bits per heavy atom. The Kier molecular flexibility index (Phi) is 168. The van der Waals surface area contributed by atoms with Gasteiger partial charge in [0.05, 0.1) is 240 Å². The van der Waals surface area contributed by atoms with Crippen molar-refractivity contribution in [3.8, 4) is 18.2 Å². The SMILES string of the molecule is CC#N.CC#N.CC#N.CC[PH+](CC)CC[PH+](CC)CC.CC[PH+](CC)CC[PH+](CC)CC.CC[PH+](CC)CC[PH+](CC)CC.CC[PH+](CC)CC[PH+](CC)CC.CC[PH+](CC)CC[PH+](CC)CC.CC[PH+](CC)CC[PH+](CC)CC.F[B-](F)(F)F.F[B-](F)(F)F.F[B-](F)(F)F.F[B-](F)(F)F.F[B-](F)(F)F.F[B-](F)(F)F.[Co+2].[Co+2].[Co+2]. The molecule has 0 unspecified atom stereocenters. The molecule has 0 amide bonds. The van der Waals surface area contributed by atoms with E-state index < -0.39 is 43.5 Å². The molecule has 0 bridgehead atoms. The Hall–Kier alpha value is 3.86. The van der Waals surface area contributed by atoms with Crippen molar-refractivity contribution in [3.63, 3.8) is 0 Å². The predicted octanol–water partition coefficient (Wildman–Crippen LogP) is 30.3. The van der Waals surface area contributed by atoms with E-state index in [-0.39, 0.29) is 145 Å². The zero-order valence-electron chi connectivity index (χ0n) is 74.8. The van der Waals surface area contributed by atoms with Crippen molar-refractivity contribution in [1.82, 2.24) is 0 Å². The number of nitrogens with zero attached hydrogens (tertiary/aromatic N) is 3. The number of halogens is 24. The van der Waals surface area contributed by atoms with Crippen molar-refractivity contribution < 1.29 is 154 Å². The van der Waals surface area contributed by atoms with Crippen LogP contribution in [0.3, 0.4) is 0 Å². The molecule has 114 heavy (non-hydrogen) atoms. The average molecular weight is 2070 g/mol. The molecule has 0 N–H and O–H groups in total. The summed E-state index contributed by atoms with van der Waals surface area (Å²) in [5.41, 5.74) is 0. The van der Waals surface area contributed by atoms with Gasteiger partial charge in [0.25, 0.3) is 0 Å².